The van der Waals surface area contributed by atoms with E-state index in [0.29, 0.717) is 11.1 Å². The second kappa shape index (κ2) is 8.91. The number of benzene rings is 3. The number of amides is 1. The molecule has 2 N–H and O–H groups in total. The third kappa shape index (κ3) is 5.31. The quantitative estimate of drug-likeness (QED) is 0.588. The van der Waals surface area contributed by atoms with E-state index in [0.717, 1.165) is 22.5 Å². The largest absolute Gasteiger partial charge is 0.417 e. The van der Waals surface area contributed by atoms with E-state index in [1.165, 1.54) is 30.3 Å². The van der Waals surface area contributed by atoms with E-state index in [2.05, 4.69) is 0 Å². The zero-order chi connectivity index (χ0) is 22.6. The second-order valence-electron chi connectivity index (χ2n) is 6.81. The number of nitrogens with two attached hydrogens (primary N) is 1. The lowest BCUT2D eigenvalue weighted by Gasteiger charge is -2.24. The highest BCUT2D eigenvalue weighted by atomic mass is 32.2. The molecule has 0 aromatic heterocycles. The molecule has 31 heavy (non-hydrogen) atoms. The highest BCUT2D eigenvalue weighted by Gasteiger charge is 2.38. The Morgan fingerprint density at radius 2 is 1.32 bits per heavy atom. The van der Waals surface area contributed by atoms with Gasteiger partial charge in [0.1, 0.15) is 0 Å². The first-order chi connectivity index (χ1) is 14.6. The average Bonchev–Trinajstić information content (AvgIpc) is 2.74. The smallest absolute Gasteiger partial charge is 0.366 e. The van der Waals surface area contributed by atoms with Gasteiger partial charge in [-0.15, -0.1) is 0 Å². The molecular weight excluding hydrogens is 429 g/mol. The fourth-order valence-electron chi connectivity index (χ4n) is 3.06. The standard InChI is InChI=1S/C22H19F3N2O3S/c23-22(24,25)19-8-4-5-9-20(19)31(29,30)27(14-16-6-2-1-3-7-16)15-17-10-12-18(13-11-17)21(26)28/h1-13H,14-15H2,(H2,26,28). The zero-order valence-electron chi connectivity index (χ0n) is 16.2. The number of carbonyl (C=O) groups is 1. The van der Waals surface area contributed by atoms with Crippen LogP contribution in [0.1, 0.15) is 27.0 Å². The van der Waals surface area contributed by atoms with Gasteiger partial charge >= 0.3 is 6.18 Å². The van der Waals surface area contributed by atoms with Gasteiger partial charge in [0, 0.05) is 18.7 Å². The van der Waals surface area contributed by atoms with Gasteiger partial charge in [-0.05, 0) is 35.4 Å². The molecule has 0 bridgehead atoms. The molecule has 3 aromatic carbocycles. The second-order valence-corrected chi connectivity index (χ2v) is 8.72. The minimum atomic E-state index is -4.83. The summed E-state index contributed by atoms with van der Waals surface area (Å²) in [5, 5.41) is 0. The Morgan fingerprint density at radius 3 is 1.87 bits per heavy atom. The van der Waals surface area contributed by atoms with Crippen molar-refractivity contribution in [3.63, 3.8) is 0 Å². The number of carbonyl (C=O) groups excluding carboxylic acids is 1. The summed E-state index contributed by atoms with van der Waals surface area (Å²) in [6.07, 6.45) is -4.83. The van der Waals surface area contributed by atoms with Gasteiger partial charge in [0.05, 0.1) is 10.5 Å². The minimum absolute atomic E-state index is 0.132. The molecule has 5 nitrogen and oxygen atoms in total. The molecule has 0 radical (unpaired) electrons. The first-order valence-corrected chi connectivity index (χ1v) is 10.6. The summed E-state index contributed by atoms with van der Waals surface area (Å²) < 4.78 is 68.1. The maximum Gasteiger partial charge on any atom is 0.417 e. The van der Waals surface area contributed by atoms with E-state index in [1.54, 1.807) is 30.3 Å². The number of sulfonamides is 1. The third-order valence-electron chi connectivity index (χ3n) is 4.61. The third-order valence-corrected chi connectivity index (χ3v) is 6.46. The van der Waals surface area contributed by atoms with Crippen LogP contribution in [-0.2, 0) is 29.3 Å². The predicted molar refractivity (Wildman–Crippen MR) is 109 cm³/mol. The molecule has 0 unspecified atom stereocenters. The van der Waals surface area contributed by atoms with Gasteiger partial charge < -0.3 is 5.73 Å². The van der Waals surface area contributed by atoms with Gasteiger partial charge in [0.25, 0.3) is 0 Å². The van der Waals surface area contributed by atoms with Crippen molar-refractivity contribution < 1.29 is 26.4 Å². The highest BCUT2D eigenvalue weighted by molar-refractivity contribution is 7.89. The molecule has 0 saturated heterocycles. The predicted octanol–water partition coefficient (Wildman–Crippen LogP) is 4.20. The summed E-state index contributed by atoms with van der Waals surface area (Å²) >= 11 is 0. The van der Waals surface area contributed by atoms with Gasteiger partial charge in [-0.1, -0.05) is 54.6 Å². The van der Waals surface area contributed by atoms with Crippen molar-refractivity contribution in [1.82, 2.24) is 4.31 Å². The highest BCUT2D eigenvalue weighted by Crippen LogP contribution is 2.35. The van der Waals surface area contributed by atoms with Crippen molar-refractivity contribution in [2.75, 3.05) is 0 Å². The first-order valence-electron chi connectivity index (χ1n) is 9.18. The van der Waals surface area contributed by atoms with Crippen LogP contribution in [0.2, 0.25) is 0 Å². The molecule has 1 amide bonds. The van der Waals surface area contributed by atoms with Crippen molar-refractivity contribution in [2.45, 2.75) is 24.2 Å². The molecule has 0 atom stereocenters. The van der Waals surface area contributed by atoms with Crippen LogP contribution < -0.4 is 5.73 Å². The topological polar surface area (TPSA) is 80.5 Å². The Bertz CT molecular complexity index is 1160. The fraction of sp³-hybridized carbons (Fsp3) is 0.136. The lowest BCUT2D eigenvalue weighted by molar-refractivity contribution is -0.139. The van der Waals surface area contributed by atoms with Crippen molar-refractivity contribution in [2.24, 2.45) is 5.73 Å². The van der Waals surface area contributed by atoms with Gasteiger partial charge in [-0.2, -0.15) is 17.5 Å². The van der Waals surface area contributed by atoms with Crippen LogP contribution in [0.4, 0.5) is 13.2 Å². The van der Waals surface area contributed by atoms with Crippen LogP contribution in [0.25, 0.3) is 0 Å². The molecule has 0 aliphatic rings. The Hall–Kier alpha value is -3.17. The summed E-state index contributed by atoms with van der Waals surface area (Å²) in [6, 6.07) is 18.6. The molecule has 0 saturated carbocycles. The summed E-state index contributed by atoms with van der Waals surface area (Å²) in [5.41, 5.74) is 5.34. The van der Waals surface area contributed by atoms with Crippen molar-refractivity contribution in [3.05, 3.63) is 101 Å². The first kappa shape index (κ1) is 22.5. The van der Waals surface area contributed by atoms with Crippen LogP contribution in [0.5, 0.6) is 0 Å². The Kier molecular flexibility index (Phi) is 6.47. The maximum atomic E-state index is 13.5. The molecular formula is C22H19F3N2O3S. The Labute approximate surface area is 178 Å². The monoisotopic (exact) mass is 448 g/mol. The molecule has 0 fully saturated rings. The number of alkyl halides is 3. The molecule has 162 valence electrons. The molecule has 9 heteroatoms. The Morgan fingerprint density at radius 1 is 0.806 bits per heavy atom. The van der Waals surface area contributed by atoms with Crippen molar-refractivity contribution >= 4 is 15.9 Å². The lowest BCUT2D eigenvalue weighted by atomic mass is 10.1. The van der Waals surface area contributed by atoms with E-state index in [1.807, 2.05) is 0 Å². The number of rotatable bonds is 7. The van der Waals surface area contributed by atoms with Crippen LogP contribution in [0, 0.1) is 0 Å². The summed E-state index contributed by atoms with van der Waals surface area (Å²) in [6.45, 7) is -0.324. The van der Waals surface area contributed by atoms with Crippen LogP contribution in [0.15, 0.2) is 83.8 Å². The SMILES string of the molecule is NC(=O)c1ccc(CN(Cc2ccccc2)S(=O)(=O)c2ccccc2C(F)(F)F)cc1. The molecule has 3 aromatic rings. The van der Waals surface area contributed by atoms with Gasteiger partial charge in [-0.3, -0.25) is 4.79 Å². The molecule has 0 aliphatic carbocycles. The van der Waals surface area contributed by atoms with Gasteiger partial charge in [0.15, 0.2) is 0 Å². The number of hydrogen-bond donors (Lipinski definition) is 1. The summed E-state index contributed by atoms with van der Waals surface area (Å²) in [4.78, 5) is 10.4. The van der Waals surface area contributed by atoms with Gasteiger partial charge in [-0.25, -0.2) is 8.42 Å². The normalized spacial score (nSPS) is 12.1. The van der Waals surface area contributed by atoms with Crippen LogP contribution >= 0.6 is 0 Å². The Balaban J connectivity index is 2.04. The summed E-state index contributed by atoms with van der Waals surface area (Å²) in [5.74, 6) is -0.639. The number of hydrogen-bond acceptors (Lipinski definition) is 3. The maximum absolute atomic E-state index is 13.5. The fourth-order valence-corrected chi connectivity index (χ4v) is 4.68. The summed E-state index contributed by atoms with van der Waals surface area (Å²) in [7, 11) is -4.52. The van der Waals surface area contributed by atoms with E-state index >= 15 is 0 Å². The number of halogens is 3. The van der Waals surface area contributed by atoms with Gasteiger partial charge in [0.2, 0.25) is 15.9 Å². The average molecular weight is 448 g/mol. The van der Waals surface area contributed by atoms with Crippen LogP contribution in [0.3, 0.4) is 0 Å². The van der Waals surface area contributed by atoms with Crippen molar-refractivity contribution in [3.8, 4) is 0 Å². The minimum Gasteiger partial charge on any atom is -0.366 e. The number of nitrogens with zero attached hydrogens (tertiary/aromatic N) is 1. The van der Waals surface area contributed by atoms with Crippen molar-refractivity contribution in [1.29, 1.82) is 0 Å². The van der Waals surface area contributed by atoms with E-state index in [-0.39, 0.29) is 18.7 Å². The van der Waals surface area contributed by atoms with E-state index < -0.39 is 32.6 Å². The zero-order valence-corrected chi connectivity index (χ0v) is 17.0. The van der Waals surface area contributed by atoms with Crippen LogP contribution in [-0.4, -0.2) is 18.6 Å². The van der Waals surface area contributed by atoms with E-state index in [9.17, 15) is 26.4 Å². The van der Waals surface area contributed by atoms with E-state index in [4.69, 9.17) is 5.73 Å². The molecule has 0 aliphatic heterocycles. The molecule has 0 heterocycles. The lowest BCUT2D eigenvalue weighted by Crippen LogP contribution is -2.32. The number of primary amides is 1. The molecule has 0 spiro atoms. The molecule has 3 rings (SSSR count).